The smallest absolute Gasteiger partial charge is 0.322 e. The van der Waals surface area contributed by atoms with Crippen LogP contribution < -0.4 is 10.6 Å². The molecule has 2 N–H and O–H groups in total. The van der Waals surface area contributed by atoms with Crippen LogP contribution in [-0.2, 0) is 4.79 Å². The lowest BCUT2D eigenvalue weighted by Crippen LogP contribution is -2.51. The van der Waals surface area contributed by atoms with Crippen LogP contribution in [0.25, 0.3) is 0 Å². The van der Waals surface area contributed by atoms with E-state index in [1.54, 1.807) is 0 Å². The molecule has 1 aliphatic heterocycles. The molecule has 14 heavy (non-hydrogen) atoms. The van der Waals surface area contributed by atoms with Crippen LogP contribution in [0.4, 0.5) is 13.6 Å². The number of alkyl halides is 2. The summed E-state index contributed by atoms with van der Waals surface area (Å²) in [5, 5.41) is 4.49. The number of amides is 3. The Hall–Kier alpha value is -1.20. The van der Waals surface area contributed by atoms with Gasteiger partial charge in [0.2, 0.25) is 5.92 Å². The summed E-state index contributed by atoms with van der Waals surface area (Å²) in [4.78, 5) is 22.2. The predicted octanol–water partition coefficient (Wildman–Crippen LogP) is 0.774. The first-order valence-corrected chi connectivity index (χ1v) is 4.45. The number of carbonyl (C=O) groups excluding carboxylic acids is 2. The molecule has 78 valence electrons. The molecule has 4 nitrogen and oxygen atoms in total. The molecule has 0 bridgehead atoms. The molecule has 1 aliphatic carbocycles. The van der Waals surface area contributed by atoms with E-state index in [0.29, 0.717) is 0 Å². The third kappa shape index (κ3) is 1.34. The van der Waals surface area contributed by atoms with Crippen LogP contribution in [0.2, 0.25) is 0 Å². The highest BCUT2D eigenvalue weighted by Crippen LogP contribution is 2.39. The monoisotopic (exact) mass is 204 g/mol. The van der Waals surface area contributed by atoms with Crippen molar-refractivity contribution in [2.75, 3.05) is 0 Å². The first-order chi connectivity index (χ1) is 6.44. The maximum atomic E-state index is 12.8. The van der Waals surface area contributed by atoms with Crippen molar-refractivity contribution in [1.29, 1.82) is 0 Å². The number of nitrogens with one attached hydrogen (secondary N) is 2. The van der Waals surface area contributed by atoms with Gasteiger partial charge >= 0.3 is 6.03 Å². The van der Waals surface area contributed by atoms with Crippen LogP contribution in [0.5, 0.6) is 0 Å². The number of hydrogen-bond donors (Lipinski definition) is 2. The van der Waals surface area contributed by atoms with E-state index in [4.69, 9.17) is 0 Å². The van der Waals surface area contributed by atoms with Crippen molar-refractivity contribution in [2.24, 2.45) is 0 Å². The van der Waals surface area contributed by atoms with Gasteiger partial charge in [-0.25, -0.2) is 13.6 Å². The molecule has 3 amide bonds. The van der Waals surface area contributed by atoms with Crippen molar-refractivity contribution < 1.29 is 18.4 Å². The van der Waals surface area contributed by atoms with E-state index in [9.17, 15) is 18.4 Å². The van der Waals surface area contributed by atoms with Gasteiger partial charge in [0.1, 0.15) is 5.54 Å². The van der Waals surface area contributed by atoms with Gasteiger partial charge in [0.05, 0.1) is 0 Å². The molecule has 2 rings (SSSR count). The average molecular weight is 204 g/mol. The lowest BCUT2D eigenvalue weighted by Gasteiger charge is -2.34. The largest absolute Gasteiger partial charge is 0.323 e. The van der Waals surface area contributed by atoms with E-state index >= 15 is 0 Å². The van der Waals surface area contributed by atoms with E-state index < -0.39 is 23.4 Å². The topological polar surface area (TPSA) is 58.2 Å². The van der Waals surface area contributed by atoms with Crippen LogP contribution >= 0.6 is 0 Å². The van der Waals surface area contributed by atoms with Gasteiger partial charge in [-0.2, -0.15) is 0 Å². The zero-order valence-electron chi connectivity index (χ0n) is 7.40. The summed E-state index contributed by atoms with van der Waals surface area (Å²) in [6, 6.07) is -0.583. The Balaban J connectivity index is 2.13. The summed E-state index contributed by atoms with van der Waals surface area (Å²) in [5.74, 6) is -3.17. The van der Waals surface area contributed by atoms with E-state index in [1.807, 2.05) is 0 Å². The Morgan fingerprint density at radius 1 is 1.07 bits per heavy atom. The second-order valence-electron chi connectivity index (χ2n) is 3.85. The van der Waals surface area contributed by atoms with Gasteiger partial charge in [-0.3, -0.25) is 10.1 Å². The van der Waals surface area contributed by atoms with E-state index in [2.05, 4.69) is 10.6 Å². The zero-order chi connectivity index (χ0) is 10.4. The summed E-state index contributed by atoms with van der Waals surface area (Å²) in [6.45, 7) is 0. The van der Waals surface area contributed by atoms with Crippen molar-refractivity contribution in [3.05, 3.63) is 0 Å². The number of rotatable bonds is 0. The Kier molecular flexibility index (Phi) is 1.77. The fourth-order valence-electron chi connectivity index (χ4n) is 1.92. The minimum Gasteiger partial charge on any atom is -0.323 e. The average Bonchev–Trinajstić information content (AvgIpc) is 2.35. The molecule has 0 aromatic heterocycles. The van der Waals surface area contributed by atoms with Crippen LogP contribution in [0.1, 0.15) is 25.7 Å². The molecule has 0 radical (unpaired) electrons. The molecule has 0 aromatic carbocycles. The molecule has 1 saturated carbocycles. The number of carbonyl (C=O) groups is 2. The molecule has 0 unspecified atom stereocenters. The van der Waals surface area contributed by atoms with Gasteiger partial charge in [-0.15, -0.1) is 0 Å². The Morgan fingerprint density at radius 3 is 2.07 bits per heavy atom. The van der Waals surface area contributed by atoms with Gasteiger partial charge in [-0.1, -0.05) is 0 Å². The molecule has 2 fully saturated rings. The first-order valence-electron chi connectivity index (χ1n) is 4.45. The second-order valence-corrected chi connectivity index (χ2v) is 3.85. The van der Waals surface area contributed by atoms with Gasteiger partial charge in [0.15, 0.2) is 0 Å². The first kappa shape index (κ1) is 9.36. The molecule has 0 aromatic rings. The van der Waals surface area contributed by atoms with Gasteiger partial charge < -0.3 is 5.32 Å². The maximum Gasteiger partial charge on any atom is 0.322 e. The molecule has 0 atom stereocenters. The number of imide groups is 1. The van der Waals surface area contributed by atoms with Crippen molar-refractivity contribution in [3.63, 3.8) is 0 Å². The van der Waals surface area contributed by atoms with Gasteiger partial charge in [0, 0.05) is 12.8 Å². The summed E-state index contributed by atoms with van der Waals surface area (Å²) in [6.07, 6.45) is -0.670. The number of urea groups is 1. The lowest BCUT2D eigenvalue weighted by molar-refractivity contribution is -0.128. The third-order valence-electron chi connectivity index (χ3n) is 2.85. The highest BCUT2D eigenvalue weighted by atomic mass is 19.3. The van der Waals surface area contributed by atoms with Gasteiger partial charge in [0.25, 0.3) is 5.91 Å². The zero-order valence-corrected chi connectivity index (χ0v) is 7.40. The molecule has 6 heteroatoms. The van der Waals surface area contributed by atoms with Crippen molar-refractivity contribution in [3.8, 4) is 0 Å². The van der Waals surface area contributed by atoms with Crippen LogP contribution in [0, 0.1) is 0 Å². The van der Waals surface area contributed by atoms with Crippen molar-refractivity contribution >= 4 is 11.9 Å². The molecule has 1 spiro atoms. The highest BCUT2D eigenvalue weighted by Gasteiger charge is 2.52. The molecule has 2 aliphatic rings. The highest BCUT2D eigenvalue weighted by molar-refractivity contribution is 6.07. The molecule has 1 heterocycles. The molecular weight excluding hydrogens is 194 g/mol. The Labute approximate surface area is 79.0 Å². The maximum absolute atomic E-state index is 12.8. The van der Waals surface area contributed by atoms with Crippen molar-refractivity contribution in [2.45, 2.75) is 37.1 Å². The summed E-state index contributed by atoms with van der Waals surface area (Å²) in [7, 11) is 0. The molecular formula is C8H10F2N2O2. The van der Waals surface area contributed by atoms with E-state index in [-0.39, 0.29) is 25.7 Å². The third-order valence-corrected chi connectivity index (χ3v) is 2.85. The standard InChI is InChI=1S/C8H10F2N2O2/c9-8(10)3-1-7(2-4-8)5(13)11-6(14)12-7/h1-4H2,(H2,11,12,13,14). The SMILES string of the molecule is O=C1NC(=O)C2(CCC(F)(F)CC2)N1. The number of hydrogen-bond acceptors (Lipinski definition) is 2. The van der Waals surface area contributed by atoms with Crippen LogP contribution in [0.3, 0.4) is 0 Å². The minimum atomic E-state index is -2.70. The van der Waals surface area contributed by atoms with E-state index in [1.165, 1.54) is 0 Å². The quantitative estimate of drug-likeness (QED) is 0.573. The fraction of sp³-hybridized carbons (Fsp3) is 0.750. The van der Waals surface area contributed by atoms with E-state index in [0.717, 1.165) is 0 Å². The Morgan fingerprint density at radius 2 is 1.64 bits per heavy atom. The predicted molar refractivity (Wildman–Crippen MR) is 42.8 cm³/mol. The normalized spacial score (nSPS) is 28.7. The van der Waals surface area contributed by atoms with Crippen LogP contribution in [0.15, 0.2) is 0 Å². The molecule has 1 saturated heterocycles. The fourth-order valence-corrected chi connectivity index (χ4v) is 1.92. The van der Waals surface area contributed by atoms with Crippen LogP contribution in [-0.4, -0.2) is 23.4 Å². The summed E-state index contributed by atoms with van der Waals surface area (Å²) in [5.41, 5.74) is -1.07. The summed E-state index contributed by atoms with van der Waals surface area (Å²) < 4.78 is 25.6. The summed E-state index contributed by atoms with van der Waals surface area (Å²) >= 11 is 0. The number of halogens is 2. The lowest BCUT2D eigenvalue weighted by atomic mass is 9.80. The Bertz CT molecular complexity index is 294. The van der Waals surface area contributed by atoms with Gasteiger partial charge in [-0.05, 0) is 12.8 Å². The van der Waals surface area contributed by atoms with Crippen molar-refractivity contribution in [1.82, 2.24) is 10.6 Å². The minimum absolute atomic E-state index is 0.0115. The second kappa shape index (κ2) is 2.65.